The standard InChI is InChI=1S/C7H12N4O2S/c12-14(13,6-3-1-2-4-6)11-7-8-5-9-10-7/h5-6H,1-4H2,(H2,8,9,10,11). The van der Waals surface area contributed by atoms with Crippen molar-refractivity contribution in [2.45, 2.75) is 30.9 Å². The van der Waals surface area contributed by atoms with Crippen molar-refractivity contribution < 1.29 is 8.42 Å². The Balaban J connectivity index is 2.09. The van der Waals surface area contributed by atoms with Gasteiger partial charge in [-0.3, -0.25) is 4.72 Å². The Hall–Kier alpha value is -1.11. The van der Waals surface area contributed by atoms with E-state index in [9.17, 15) is 8.42 Å². The highest BCUT2D eigenvalue weighted by molar-refractivity contribution is 7.93. The van der Waals surface area contributed by atoms with Gasteiger partial charge in [0, 0.05) is 0 Å². The molecule has 0 radical (unpaired) electrons. The van der Waals surface area contributed by atoms with Crippen LogP contribution in [0.4, 0.5) is 5.95 Å². The van der Waals surface area contributed by atoms with Gasteiger partial charge in [0.1, 0.15) is 6.33 Å². The van der Waals surface area contributed by atoms with Gasteiger partial charge >= 0.3 is 0 Å². The summed E-state index contributed by atoms with van der Waals surface area (Å²) in [6.07, 6.45) is 4.73. The van der Waals surface area contributed by atoms with Crippen molar-refractivity contribution >= 4 is 16.0 Å². The number of aromatic amines is 1. The summed E-state index contributed by atoms with van der Waals surface area (Å²) in [5.74, 6) is 0.192. The molecule has 0 bridgehead atoms. The number of anilines is 1. The largest absolute Gasteiger partial charge is 0.251 e. The lowest BCUT2D eigenvalue weighted by molar-refractivity contribution is 0.585. The number of aromatic nitrogens is 3. The van der Waals surface area contributed by atoms with Crippen LogP contribution in [0.3, 0.4) is 0 Å². The zero-order valence-corrected chi connectivity index (χ0v) is 8.42. The molecule has 6 nitrogen and oxygen atoms in total. The van der Waals surface area contributed by atoms with Crippen LogP contribution in [0.25, 0.3) is 0 Å². The van der Waals surface area contributed by atoms with Crippen molar-refractivity contribution in [1.82, 2.24) is 15.2 Å². The minimum atomic E-state index is -3.27. The Morgan fingerprint density at radius 3 is 2.71 bits per heavy atom. The maximum absolute atomic E-state index is 11.7. The molecular weight excluding hydrogens is 204 g/mol. The van der Waals surface area contributed by atoms with E-state index in [-0.39, 0.29) is 11.2 Å². The number of sulfonamides is 1. The van der Waals surface area contributed by atoms with E-state index in [2.05, 4.69) is 19.9 Å². The zero-order valence-electron chi connectivity index (χ0n) is 7.60. The van der Waals surface area contributed by atoms with Crippen LogP contribution < -0.4 is 4.72 Å². The van der Waals surface area contributed by atoms with E-state index < -0.39 is 10.0 Å². The number of H-pyrrole nitrogens is 1. The van der Waals surface area contributed by atoms with Crippen LogP contribution in [0.15, 0.2) is 6.33 Å². The summed E-state index contributed by atoms with van der Waals surface area (Å²) in [6, 6.07) is 0. The minimum absolute atomic E-state index is 0.192. The van der Waals surface area contributed by atoms with E-state index in [0.717, 1.165) is 25.7 Å². The van der Waals surface area contributed by atoms with E-state index in [1.54, 1.807) is 0 Å². The van der Waals surface area contributed by atoms with Crippen molar-refractivity contribution in [2.24, 2.45) is 0 Å². The summed E-state index contributed by atoms with van der Waals surface area (Å²) in [5, 5.41) is 5.76. The Morgan fingerprint density at radius 1 is 1.43 bits per heavy atom. The normalized spacial score (nSPS) is 18.6. The van der Waals surface area contributed by atoms with Crippen molar-refractivity contribution in [3.05, 3.63) is 6.33 Å². The molecule has 2 rings (SSSR count). The molecule has 1 fully saturated rings. The van der Waals surface area contributed by atoms with Gasteiger partial charge in [0.25, 0.3) is 0 Å². The number of nitrogens with zero attached hydrogens (tertiary/aromatic N) is 2. The molecule has 0 spiro atoms. The van der Waals surface area contributed by atoms with Gasteiger partial charge in [-0.2, -0.15) is 10.1 Å². The van der Waals surface area contributed by atoms with Crippen molar-refractivity contribution in [3.63, 3.8) is 0 Å². The first kappa shape index (κ1) is 9.45. The summed E-state index contributed by atoms with van der Waals surface area (Å²) in [7, 11) is -3.27. The highest BCUT2D eigenvalue weighted by atomic mass is 32.2. The van der Waals surface area contributed by atoms with Gasteiger partial charge in [-0.05, 0) is 12.8 Å². The number of hydrogen-bond acceptors (Lipinski definition) is 4. The second-order valence-corrected chi connectivity index (χ2v) is 5.35. The zero-order chi connectivity index (χ0) is 10.0. The van der Waals surface area contributed by atoms with E-state index in [0.29, 0.717) is 0 Å². The fourth-order valence-corrected chi connectivity index (χ4v) is 3.16. The maximum atomic E-state index is 11.7. The lowest BCUT2D eigenvalue weighted by Gasteiger charge is -2.10. The molecule has 0 amide bonds. The van der Waals surface area contributed by atoms with E-state index >= 15 is 0 Å². The average Bonchev–Trinajstić information content (AvgIpc) is 2.71. The molecule has 1 aliphatic carbocycles. The molecule has 0 saturated heterocycles. The SMILES string of the molecule is O=S(=O)(Nc1ncn[nH]1)C1CCCC1. The Bertz CT molecular complexity index is 380. The third-order valence-corrected chi connectivity index (χ3v) is 4.22. The quantitative estimate of drug-likeness (QED) is 0.769. The lowest BCUT2D eigenvalue weighted by Crippen LogP contribution is -2.25. The van der Waals surface area contributed by atoms with E-state index in [1.807, 2.05) is 0 Å². The summed E-state index contributed by atoms with van der Waals surface area (Å²) in [4.78, 5) is 3.72. The highest BCUT2D eigenvalue weighted by Gasteiger charge is 2.29. The van der Waals surface area contributed by atoms with Crippen LogP contribution >= 0.6 is 0 Å². The molecule has 2 N–H and O–H groups in total. The van der Waals surface area contributed by atoms with Gasteiger partial charge in [-0.1, -0.05) is 12.8 Å². The topological polar surface area (TPSA) is 87.7 Å². The molecule has 0 aromatic carbocycles. The van der Waals surface area contributed by atoms with Crippen LogP contribution in [0.1, 0.15) is 25.7 Å². The van der Waals surface area contributed by atoms with E-state index in [1.165, 1.54) is 6.33 Å². The van der Waals surface area contributed by atoms with Crippen molar-refractivity contribution in [2.75, 3.05) is 4.72 Å². The summed E-state index contributed by atoms with van der Waals surface area (Å²) >= 11 is 0. The first-order valence-corrected chi connectivity index (χ1v) is 6.10. The minimum Gasteiger partial charge on any atom is -0.251 e. The number of hydrogen-bond donors (Lipinski definition) is 2. The van der Waals surface area contributed by atoms with Crippen molar-refractivity contribution in [3.8, 4) is 0 Å². The maximum Gasteiger partial charge on any atom is 0.237 e. The number of rotatable bonds is 3. The van der Waals surface area contributed by atoms with E-state index in [4.69, 9.17) is 0 Å². The Kier molecular flexibility index (Phi) is 2.40. The van der Waals surface area contributed by atoms with Crippen LogP contribution in [0.2, 0.25) is 0 Å². The Labute approximate surface area is 82.2 Å². The molecule has 1 heterocycles. The second-order valence-electron chi connectivity index (χ2n) is 3.39. The van der Waals surface area contributed by atoms with Gasteiger partial charge in [0.2, 0.25) is 16.0 Å². The summed E-state index contributed by atoms with van der Waals surface area (Å²) < 4.78 is 25.8. The molecule has 0 atom stereocenters. The van der Waals surface area contributed by atoms with Crippen molar-refractivity contribution in [1.29, 1.82) is 0 Å². The summed E-state index contributed by atoms with van der Waals surface area (Å²) in [6.45, 7) is 0. The van der Waals surface area contributed by atoms with Crippen LogP contribution in [-0.4, -0.2) is 28.8 Å². The molecule has 78 valence electrons. The molecule has 0 unspecified atom stereocenters. The van der Waals surface area contributed by atoms with Gasteiger partial charge in [0.05, 0.1) is 5.25 Å². The number of nitrogens with one attached hydrogen (secondary N) is 2. The predicted octanol–water partition coefficient (Wildman–Crippen LogP) is 0.489. The molecular formula is C7H12N4O2S. The third kappa shape index (κ3) is 1.87. The predicted molar refractivity (Wildman–Crippen MR) is 51.2 cm³/mol. The highest BCUT2D eigenvalue weighted by Crippen LogP contribution is 2.25. The second kappa shape index (κ2) is 3.56. The molecule has 1 saturated carbocycles. The molecule has 14 heavy (non-hydrogen) atoms. The van der Waals surface area contributed by atoms with Crippen LogP contribution in [-0.2, 0) is 10.0 Å². The fourth-order valence-electron chi connectivity index (χ4n) is 1.67. The van der Waals surface area contributed by atoms with Gasteiger partial charge < -0.3 is 0 Å². The van der Waals surface area contributed by atoms with Crippen LogP contribution in [0.5, 0.6) is 0 Å². The van der Waals surface area contributed by atoms with Gasteiger partial charge in [-0.25, -0.2) is 13.5 Å². The molecule has 1 aromatic rings. The molecule has 1 aliphatic rings. The average molecular weight is 216 g/mol. The fraction of sp³-hybridized carbons (Fsp3) is 0.714. The monoisotopic (exact) mass is 216 g/mol. The van der Waals surface area contributed by atoms with Gasteiger partial charge in [0.15, 0.2) is 0 Å². The first-order chi connectivity index (χ1) is 6.68. The lowest BCUT2D eigenvalue weighted by atomic mass is 10.4. The molecule has 0 aliphatic heterocycles. The first-order valence-electron chi connectivity index (χ1n) is 4.55. The molecule has 1 aromatic heterocycles. The van der Waals surface area contributed by atoms with Gasteiger partial charge in [-0.15, -0.1) is 0 Å². The Morgan fingerprint density at radius 2 is 2.14 bits per heavy atom. The summed E-state index contributed by atoms with van der Waals surface area (Å²) in [5.41, 5.74) is 0. The third-order valence-electron chi connectivity index (χ3n) is 2.39. The smallest absolute Gasteiger partial charge is 0.237 e. The molecule has 7 heteroatoms. The van der Waals surface area contributed by atoms with Crippen LogP contribution in [0, 0.1) is 0 Å².